The number of carbonyl (C=O) groups excluding carboxylic acids is 2. The number of carbonyl (C=O) groups is 2. The number of esters is 1. The lowest BCUT2D eigenvalue weighted by molar-refractivity contribution is 0.0603. The van der Waals surface area contributed by atoms with Crippen molar-refractivity contribution in [1.82, 2.24) is 5.16 Å². The number of hydrogen-bond acceptors (Lipinski definition) is 6. The first-order valence-electron chi connectivity index (χ1n) is 10.8. The zero-order valence-electron chi connectivity index (χ0n) is 19.1. The van der Waals surface area contributed by atoms with Crippen LogP contribution < -0.4 is 5.32 Å². The number of amides is 1. The highest BCUT2D eigenvalue weighted by atomic mass is 35.5. The van der Waals surface area contributed by atoms with E-state index in [1.54, 1.807) is 5.38 Å². The van der Waals surface area contributed by atoms with Gasteiger partial charge in [0, 0.05) is 10.9 Å². The molecule has 0 unspecified atom stereocenters. The molecular formula is C27H18ClFN2O4S. The van der Waals surface area contributed by atoms with Crippen LogP contribution in [0.1, 0.15) is 26.5 Å². The van der Waals surface area contributed by atoms with Gasteiger partial charge in [0.2, 0.25) is 0 Å². The van der Waals surface area contributed by atoms with Crippen molar-refractivity contribution in [3.8, 4) is 22.4 Å². The van der Waals surface area contributed by atoms with Gasteiger partial charge in [-0.3, -0.25) is 4.79 Å². The molecule has 0 bridgehead atoms. The second-order valence-electron chi connectivity index (χ2n) is 7.92. The van der Waals surface area contributed by atoms with Crippen molar-refractivity contribution >= 4 is 50.6 Å². The number of thiophene rings is 1. The normalized spacial score (nSPS) is 11.0. The quantitative estimate of drug-likeness (QED) is 0.245. The third-order valence-corrected chi connectivity index (χ3v) is 6.97. The summed E-state index contributed by atoms with van der Waals surface area (Å²) in [6.07, 6.45) is 0. The Hall–Kier alpha value is -4.01. The average Bonchev–Trinajstić information content (AvgIpc) is 3.46. The maximum absolute atomic E-state index is 14.6. The molecule has 0 saturated carbocycles. The first-order valence-corrected chi connectivity index (χ1v) is 12.1. The molecule has 0 saturated heterocycles. The standard InChI is InChI=1S/C27H18ClFN2O4S/c1-14-21(24(31-35-14)23-19(28)8-5-9-20(23)29)25(32)30-26-22(27(33)34-2)18(13-36-26)17-11-10-15-6-3-4-7-16(15)12-17/h3-13H,1-2H3,(H,30,32). The van der Waals surface area contributed by atoms with Gasteiger partial charge in [-0.25, -0.2) is 9.18 Å². The number of benzene rings is 3. The van der Waals surface area contributed by atoms with E-state index in [-0.39, 0.29) is 38.2 Å². The maximum Gasteiger partial charge on any atom is 0.341 e. The Bertz CT molecular complexity index is 1620. The summed E-state index contributed by atoms with van der Waals surface area (Å²) in [6, 6.07) is 17.9. The van der Waals surface area contributed by atoms with Gasteiger partial charge in [0.05, 0.1) is 17.7 Å². The Morgan fingerprint density at radius 3 is 2.58 bits per heavy atom. The largest absolute Gasteiger partial charge is 0.465 e. The minimum atomic E-state index is -0.644. The van der Waals surface area contributed by atoms with Crippen LogP contribution in [-0.4, -0.2) is 24.1 Å². The molecule has 0 atom stereocenters. The SMILES string of the molecule is COC(=O)c1c(-c2ccc3ccccc3c2)csc1NC(=O)c1c(-c2c(F)cccc2Cl)noc1C. The van der Waals surface area contributed by atoms with Gasteiger partial charge in [-0.15, -0.1) is 11.3 Å². The van der Waals surface area contributed by atoms with E-state index >= 15 is 0 Å². The van der Waals surface area contributed by atoms with Gasteiger partial charge in [-0.1, -0.05) is 59.2 Å². The summed E-state index contributed by atoms with van der Waals surface area (Å²) in [5.74, 6) is -1.70. The molecule has 36 heavy (non-hydrogen) atoms. The van der Waals surface area contributed by atoms with Crippen molar-refractivity contribution < 1.29 is 23.2 Å². The highest BCUT2D eigenvalue weighted by molar-refractivity contribution is 7.15. The van der Waals surface area contributed by atoms with Crippen molar-refractivity contribution in [1.29, 1.82) is 0 Å². The van der Waals surface area contributed by atoms with Crippen molar-refractivity contribution in [3.63, 3.8) is 0 Å². The van der Waals surface area contributed by atoms with Crippen molar-refractivity contribution in [2.75, 3.05) is 12.4 Å². The van der Waals surface area contributed by atoms with Crippen LogP contribution >= 0.6 is 22.9 Å². The van der Waals surface area contributed by atoms with Crippen LogP contribution in [0.15, 0.2) is 70.6 Å². The first kappa shape index (κ1) is 23.7. The smallest absolute Gasteiger partial charge is 0.341 e. The van der Waals surface area contributed by atoms with Gasteiger partial charge in [0.25, 0.3) is 5.91 Å². The van der Waals surface area contributed by atoms with E-state index in [9.17, 15) is 14.0 Å². The number of aryl methyl sites for hydroxylation is 1. The number of ether oxygens (including phenoxy) is 1. The minimum Gasteiger partial charge on any atom is -0.465 e. The van der Waals surface area contributed by atoms with E-state index in [2.05, 4.69) is 10.5 Å². The fourth-order valence-electron chi connectivity index (χ4n) is 4.02. The van der Waals surface area contributed by atoms with Gasteiger partial charge in [-0.05, 0) is 41.5 Å². The number of hydrogen-bond donors (Lipinski definition) is 1. The van der Waals surface area contributed by atoms with E-state index in [0.29, 0.717) is 5.56 Å². The summed E-state index contributed by atoms with van der Waals surface area (Å²) in [5.41, 5.74) is 1.57. The summed E-state index contributed by atoms with van der Waals surface area (Å²) < 4.78 is 24.8. The van der Waals surface area contributed by atoms with Gasteiger partial charge in [-0.2, -0.15) is 0 Å². The third kappa shape index (κ3) is 4.14. The minimum absolute atomic E-state index is 0.0125. The van der Waals surface area contributed by atoms with Crippen LogP contribution in [-0.2, 0) is 4.74 Å². The van der Waals surface area contributed by atoms with Gasteiger partial charge in [0.15, 0.2) is 0 Å². The number of anilines is 1. The molecule has 0 radical (unpaired) electrons. The first-order chi connectivity index (χ1) is 17.4. The third-order valence-electron chi connectivity index (χ3n) is 5.76. The molecule has 0 spiro atoms. The van der Waals surface area contributed by atoms with Crippen LogP contribution in [0.3, 0.4) is 0 Å². The van der Waals surface area contributed by atoms with E-state index < -0.39 is 17.7 Å². The number of nitrogens with one attached hydrogen (secondary N) is 1. The van der Waals surface area contributed by atoms with Crippen LogP contribution in [0, 0.1) is 12.7 Å². The monoisotopic (exact) mass is 520 g/mol. The summed E-state index contributed by atoms with van der Waals surface area (Å²) >= 11 is 7.37. The molecule has 3 aromatic carbocycles. The number of nitrogens with zero attached hydrogens (tertiary/aromatic N) is 1. The molecule has 5 rings (SSSR count). The number of fused-ring (bicyclic) bond motifs is 1. The molecule has 180 valence electrons. The highest BCUT2D eigenvalue weighted by Crippen LogP contribution is 2.39. The topological polar surface area (TPSA) is 81.4 Å². The van der Waals surface area contributed by atoms with E-state index in [0.717, 1.165) is 16.3 Å². The molecule has 2 aromatic heterocycles. The van der Waals surface area contributed by atoms with Crippen LogP contribution in [0.5, 0.6) is 0 Å². The lowest BCUT2D eigenvalue weighted by Gasteiger charge is -2.09. The summed E-state index contributed by atoms with van der Waals surface area (Å²) in [7, 11) is 1.28. The Labute approximate surface area is 214 Å². The second-order valence-corrected chi connectivity index (χ2v) is 9.21. The molecular weight excluding hydrogens is 503 g/mol. The molecule has 5 aromatic rings. The summed E-state index contributed by atoms with van der Waals surface area (Å²) in [5, 5.41) is 10.8. The molecule has 9 heteroatoms. The van der Waals surface area contributed by atoms with Crippen molar-refractivity contribution in [2.24, 2.45) is 0 Å². The second kappa shape index (κ2) is 9.56. The lowest BCUT2D eigenvalue weighted by Crippen LogP contribution is -2.15. The van der Waals surface area contributed by atoms with Crippen molar-refractivity contribution in [3.05, 3.63) is 93.8 Å². The van der Waals surface area contributed by atoms with Gasteiger partial charge >= 0.3 is 5.97 Å². The summed E-state index contributed by atoms with van der Waals surface area (Å²) in [6.45, 7) is 1.54. The van der Waals surface area contributed by atoms with Gasteiger partial charge < -0.3 is 14.6 Å². The Morgan fingerprint density at radius 2 is 1.83 bits per heavy atom. The molecule has 0 aliphatic carbocycles. The van der Waals surface area contributed by atoms with E-state index in [4.69, 9.17) is 20.9 Å². The lowest BCUT2D eigenvalue weighted by atomic mass is 10.00. The Balaban J connectivity index is 1.56. The number of aromatic nitrogens is 1. The van der Waals surface area contributed by atoms with Crippen molar-refractivity contribution in [2.45, 2.75) is 6.92 Å². The Morgan fingerprint density at radius 1 is 1.06 bits per heavy atom. The highest BCUT2D eigenvalue weighted by Gasteiger charge is 2.28. The fourth-order valence-corrected chi connectivity index (χ4v) is 5.23. The molecule has 1 N–H and O–H groups in total. The molecule has 2 heterocycles. The molecule has 6 nitrogen and oxygen atoms in total. The molecule has 0 aliphatic rings. The van der Waals surface area contributed by atoms with E-state index in [1.165, 1.54) is 43.6 Å². The predicted molar refractivity (Wildman–Crippen MR) is 138 cm³/mol. The summed E-state index contributed by atoms with van der Waals surface area (Å²) in [4.78, 5) is 26.2. The molecule has 0 aliphatic heterocycles. The van der Waals surface area contributed by atoms with E-state index in [1.807, 2.05) is 42.5 Å². The van der Waals surface area contributed by atoms with Crippen LogP contribution in [0.4, 0.5) is 9.39 Å². The van der Waals surface area contributed by atoms with Crippen LogP contribution in [0.2, 0.25) is 5.02 Å². The molecule has 1 amide bonds. The maximum atomic E-state index is 14.6. The van der Waals surface area contributed by atoms with Gasteiger partial charge in [0.1, 0.15) is 33.4 Å². The zero-order chi connectivity index (χ0) is 25.4. The predicted octanol–water partition coefficient (Wildman–Crippen LogP) is 7.36. The number of rotatable bonds is 5. The zero-order valence-corrected chi connectivity index (χ0v) is 20.7. The molecule has 0 fully saturated rings. The number of methoxy groups -OCH3 is 1. The average molecular weight is 521 g/mol. The fraction of sp³-hybridized carbons (Fsp3) is 0.0741. The number of halogens is 2. The Kier molecular flexibility index (Phi) is 6.30. The van der Waals surface area contributed by atoms with Crippen LogP contribution in [0.25, 0.3) is 33.2 Å².